The van der Waals surface area contributed by atoms with E-state index in [1.807, 2.05) is 7.05 Å². The minimum Gasteiger partial charge on any atom is -0.346 e. The lowest BCUT2D eigenvalue weighted by atomic mass is 10.2. The predicted molar refractivity (Wildman–Crippen MR) is 45.6 cm³/mol. The maximum atomic E-state index is 3.16. The van der Waals surface area contributed by atoms with Crippen LogP contribution in [0.3, 0.4) is 0 Å². The van der Waals surface area contributed by atoms with E-state index in [-0.39, 0.29) is 0 Å². The van der Waals surface area contributed by atoms with E-state index in [4.69, 9.17) is 0 Å². The predicted octanol–water partition coefficient (Wildman–Crippen LogP) is -1.67. The summed E-state index contributed by atoms with van der Waals surface area (Å²) in [6.45, 7) is 5.87. The molecule has 1 fully saturated rings. The molecule has 0 aromatic carbocycles. The molecule has 1 rings (SSSR count). The van der Waals surface area contributed by atoms with Gasteiger partial charge in [0.15, 0.2) is 7.98 Å². The maximum Gasteiger partial charge on any atom is 0.185 e. The summed E-state index contributed by atoms with van der Waals surface area (Å²) < 4.78 is 0. The van der Waals surface area contributed by atoms with Gasteiger partial charge in [0.2, 0.25) is 0 Å². The van der Waals surface area contributed by atoms with Crippen molar-refractivity contribution in [1.29, 1.82) is 0 Å². The summed E-state index contributed by atoms with van der Waals surface area (Å²) in [7, 11) is 4.18. The van der Waals surface area contributed by atoms with Crippen LogP contribution in [0.25, 0.3) is 0 Å². The van der Waals surface area contributed by atoms with Gasteiger partial charge in [-0.05, 0) is 20.1 Å². The summed E-state index contributed by atoms with van der Waals surface area (Å²) in [5.41, 5.74) is 0. The van der Waals surface area contributed by atoms with Crippen LogP contribution in [0.1, 0.15) is 0 Å². The molecule has 1 aliphatic rings. The van der Waals surface area contributed by atoms with Crippen LogP contribution in [0, 0.1) is 0 Å². The molecule has 0 atom stereocenters. The van der Waals surface area contributed by atoms with Crippen LogP contribution in [0.2, 0.25) is 0 Å². The van der Waals surface area contributed by atoms with E-state index in [1.54, 1.807) is 0 Å². The maximum absolute atomic E-state index is 3.16. The van der Waals surface area contributed by atoms with Gasteiger partial charge in [-0.1, -0.05) is 0 Å². The van der Waals surface area contributed by atoms with E-state index in [0.717, 1.165) is 6.67 Å². The highest BCUT2D eigenvalue weighted by atomic mass is 15.3. The third-order valence-electron chi connectivity index (χ3n) is 1.98. The number of rotatable bonds is 2. The monoisotopic (exact) mass is 141 g/mol. The molecule has 0 aromatic heterocycles. The SMILES string of the molecule is BN1CCN(CNC)CC1. The first-order valence-electron chi connectivity index (χ1n) is 3.88. The molecule has 0 unspecified atom stereocenters. The van der Waals surface area contributed by atoms with Crippen molar-refractivity contribution in [3.8, 4) is 0 Å². The lowest BCUT2D eigenvalue weighted by Gasteiger charge is -2.32. The first-order valence-corrected chi connectivity index (χ1v) is 3.88. The number of nitrogens with zero attached hydrogens (tertiary/aromatic N) is 2. The summed E-state index contributed by atoms with van der Waals surface area (Å²) in [5, 5.41) is 3.16. The zero-order valence-corrected chi connectivity index (χ0v) is 6.93. The molecule has 1 aliphatic heterocycles. The fourth-order valence-corrected chi connectivity index (χ4v) is 1.23. The summed E-state index contributed by atoms with van der Waals surface area (Å²) >= 11 is 0. The molecule has 0 saturated carbocycles. The third kappa shape index (κ3) is 2.29. The topological polar surface area (TPSA) is 18.5 Å². The van der Waals surface area contributed by atoms with E-state index in [9.17, 15) is 0 Å². The van der Waals surface area contributed by atoms with Crippen molar-refractivity contribution in [1.82, 2.24) is 15.0 Å². The van der Waals surface area contributed by atoms with Crippen LogP contribution in [0.15, 0.2) is 0 Å². The standard InChI is InChI=1S/C6H16BN3/c1-8-6-9-2-4-10(7)5-3-9/h8H,2-7H2,1H3. The lowest BCUT2D eigenvalue weighted by Crippen LogP contribution is -2.47. The van der Waals surface area contributed by atoms with Crippen LogP contribution in [-0.2, 0) is 0 Å². The first-order chi connectivity index (χ1) is 4.83. The molecule has 0 radical (unpaired) electrons. The van der Waals surface area contributed by atoms with Crippen molar-refractivity contribution in [3.05, 3.63) is 0 Å². The molecule has 1 N–H and O–H groups in total. The fraction of sp³-hybridized carbons (Fsp3) is 1.00. The second kappa shape index (κ2) is 3.96. The van der Waals surface area contributed by atoms with Crippen molar-refractivity contribution in [2.75, 3.05) is 39.9 Å². The van der Waals surface area contributed by atoms with Crippen molar-refractivity contribution < 1.29 is 0 Å². The van der Waals surface area contributed by atoms with Crippen molar-refractivity contribution >= 4 is 7.98 Å². The highest BCUT2D eigenvalue weighted by Gasteiger charge is 2.11. The van der Waals surface area contributed by atoms with Gasteiger partial charge in [-0.3, -0.25) is 4.90 Å². The number of piperazine rings is 1. The Balaban J connectivity index is 2.13. The summed E-state index contributed by atoms with van der Waals surface area (Å²) in [6.07, 6.45) is 0. The average molecular weight is 141 g/mol. The molecule has 10 heavy (non-hydrogen) atoms. The Morgan fingerprint density at radius 2 is 1.90 bits per heavy atom. The highest BCUT2D eigenvalue weighted by Crippen LogP contribution is 1.95. The molecule has 0 spiro atoms. The zero-order valence-electron chi connectivity index (χ0n) is 6.93. The Labute approximate surface area is 63.8 Å². The normalized spacial score (nSPS) is 23.3. The second-order valence-corrected chi connectivity index (χ2v) is 2.93. The summed E-state index contributed by atoms with van der Waals surface area (Å²) in [6, 6.07) is 0. The largest absolute Gasteiger partial charge is 0.346 e. The number of hydrogen-bond donors (Lipinski definition) is 1. The van der Waals surface area contributed by atoms with Gasteiger partial charge in [0.1, 0.15) is 0 Å². The Morgan fingerprint density at radius 3 is 2.40 bits per heavy atom. The molecule has 4 heteroatoms. The Hall–Kier alpha value is -0.0551. The van der Waals surface area contributed by atoms with Gasteiger partial charge in [-0.15, -0.1) is 0 Å². The smallest absolute Gasteiger partial charge is 0.185 e. The van der Waals surface area contributed by atoms with Gasteiger partial charge >= 0.3 is 0 Å². The van der Waals surface area contributed by atoms with Crippen molar-refractivity contribution in [3.63, 3.8) is 0 Å². The van der Waals surface area contributed by atoms with Crippen LogP contribution >= 0.6 is 0 Å². The molecule has 58 valence electrons. The Kier molecular flexibility index (Phi) is 3.18. The van der Waals surface area contributed by atoms with Gasteiger partial charge in [0.05, 0.1) is 0 Å². The Bertz CT molecular complexity index is 91.0. The molecule has 0 aliphatic carbocycles. The minimum absolute atomic E-state index is 1.04. The first kappa shape index (κ1) is 8.05. The van der Waals surface area contributed by atoms with Crippen LogP contribution in [0.4, 0.5) is 0 Å². The van der Waals surface area contributed by atoms with Crippen molar-refractivity contribution in [2.45, 2.75) is 0 Å². The molecule has 0 amide bonds. The van der Waals surface area contributed by atoms with E-state index in [0.29, 0.717) is 0 Å². The number of nitrogens with one attached hydrogen (secondary N) is 1. The molecular formula is C6H16BN3. The van der Waals surface area contributed by atoms with Gasteiger partial charge in [-0.25, -0.2) is 0 Å². The minimum atomic E-state index is 1.04. The van der Waals surface area contributed by atoms with Gasteiger partial charge < -0.3 is 10.1 Å². The molecule has 3 nitrogen and oxygen atoms in total. The number of hydrogen-bond acceptors (Lipinski definition) is 3. The van der Waals surface area contributed by atoms with Crippen LogP contribution < -0.4 is 5.32 Å². The summed E-state index contributed by atoms with van der Waals surface area (Å²) in [5.74, 6) is 0. The quantitative estimate of drug-likeness (QED) is 0.464. The molecule has 1 saturated heterocycles. The van der Waals surface area contributed by atoms with Gasteiger partial charge in [0, 0.05) is 19.8 Å². The highest BCUT2D eigenvalue weighted by molar-refractivity contribution is 6.04. The van der Waals surface area contributed by atoms with Gasteiger partial charge in [-0.2, -0.15) is 0 Å². The fourth-order valence-electron chi connectivity index (χ4n) is 1.23. The second-order valence-electron chi connectivity index (χ2n) is 2.93. The zero-order chi connectivity index (χ0) is 7.40. The van der Waals surface area contributed by atoms with Crippen LogP contribution in [-0.4, -0.2) is 57.6 Å². The Morgan fingerprint density at radius 1 is 1.30 bits per heavy atom. The lowest BCUT2D eigenvalue weighted by molar-refractivity contribution is 0.183. The van der Waals surface area contributed by atoms with E-state index in [1.165, 1.54) is 26.2 Å². The van der Waals surface area contributed by atoms with E-state index < -0.39 is 0 Å². The molecule has 1 heterocycles. The molecular weight excluding hydrogens is 125 g/mol. The van der Waals surface area contributed by atoms with E-state index in [2.05, 4.69) is 23.0 Å². The van der Waals surface area contributed by atoms with Crippen molar-refractivity contribution in [2.24, 2.45) is 0 Å². The molecule has 0 bridgehead atoms. The van der Waals surface area contributed by atoms with E-state index >= 15 is 0 Å². The third-order valence-corrected chi connectivity index (χ3v) is 1.98. The average Bonchev–Trinajstić information content (AvgIpc) is 1.95. The van der Waals surface area contributed by atoms with Gasteiger partial charge in [0.25, 0.3) is 0 Å². The van der Waals surface area contributed by atoms with Crippen LogP contribution in [0.5, 0.6) is 0 Å². The summed E-state index contributed by atoms with van der Waals surface area (Å²) in [4.78, 5) is 4.80. The molecule has 0 aromatic rings.